The third-order valence-electron chi connectivity index (χ3n) is 4.99. The van der Waals surface area contributed by atoms with Crippen molar-refractivity contribution in [2.75, 3.05) is 0 Å². The number of carbonyl (C=O) groups is 1. The molecule has 4 heteroatoms. The van der Waals surface area contributed by atoms with Crippen LogP contribution in [-0.2, 0) is 15.6 Å². The number of nitrogens with two attached hydrogens (primary N) is 1. The molecule has 0 saturated carbocycles. The van der Waals surface area contributed by atoms with E-state index in [9.17, 15) is 4.79 Å². The molecule has 0 aliphatic rings. The van der Waals surface area contributed by atoms with Crippen LogP contribution in [0.3, 0.4) is 0 Å². The first-order valence-corrected chi connectivity index (χ1v) is 11.4. The van der Waals surface area contributed by atoms with Gasteiger partial charge in [0.1, 0.15) is 6.04 Å². The minimum absolute atomic E-state index is 0.0579. The maximum atomic E-state index is 12.9. The van der Waals surface area contributed by atoms with Crippen molar-refractivity contribution in [2.24, 2.45) is 11.7 Å². The third kappa shape index (κ3) is 5.42. The fourth-order valence-corrected chi connectivity index (χ4v) is 9.67. The summed E-state index contributed by atoms with van der Waals surface area (Å²) in [4.78, 5) is 12.9. The molecule has 0 bridgehead atoms. The van der Waals surface area contributed by atoms with Crippen LogP contribution in [-0.4, -0.2) is 20.3 Å². The highest BCUT2D eigenvalue weighted by Crippen LogP contribution is 2.55. The largest absolute Gasteiger partial charge is 0.517 e. The minimum Gasteiger partial charge on any atom is -0.517 e. The summed E-state index contributed by atoms with van der Waals surface area (Å²) in [5.74, 6) is 0.226. The Bertz CT molecular complexity index is 541. The molecular weight excluding hydrogens is 326 g/mol. The normalized spacial score (nSPS) is 14.5. The summed E-state index contributed by atoms with van der Waals surface area (Å²) >= 11 is 0. The maximum absolute atomic E-state index is 12.9. The molecule has 0 unspecified atom stereocenters. The van der Waals surface area contributed by atoms with Gasteiger partial charge in [-0.1, -0.05) is 85.7 Å². The summed E-state index contributed by atoms with van der Waals surface area (Å²) in [7, 11) is -2.43. The minimum atomic E-state index is -2.43. The molecule has 25 heavy (non-hydrogen) atoms. The molecule has 0 amide bonds. The zero-order valence-electron chi connectivity index (χ0n) is 17.3. The van der Waals surface area contributed by atoms with E-state index in [2.05, 4.69) is 55.4 Å². The monoisotopic (exact) mass is 363 g/mol. The standard InChI is InChI=1S/C21H37NO2Si/c1-16(2)15-25(20(3,4)5,21(6,7)8)24-19(23)18(22)14-17-12-10-9-11-13-17/h9-13,16,18H,14-15,22H2,1-8H3/t18-/m0/s1. The van der Waals surface area contributed by atoms with Gasteiger partial charge in [-0.2, -0.15) is 0 Å². The van der Waals surface area contributed by atoms with Crippen molar-refractivity contribution in [2.45, 2.75) is 84.0 Å². The van der Waals surface area contributed by atoms with Gasteiger partial charge >= 0.3 is 5.97 Å². The molecule has 0 radical (unpaired) electrons. The molecule has 0 fully saturated rings. The second-order valence-electron chi connectivity index (χ2n) is 9.64. The molecule has 0 aliphatic carbocycles. The Balaban J connectivity index is 3.09. The van der Waals surface area contributed by atoms with Crippen molar-refractivity contribution in [3.8, 4) is 0 Å². The average molecular weight is 364 g/mol. The van der Waals surface area contributed by atoms with Gasteiger partial charge in [0, 0.05) is 0 Å². The van der Waals surface area contributed by atoms with E-state index in [1.807, 2.05) is 30.3 Å². The highest BCUT2D eigenvalue weighted by atomic mass is 28.4. The van der Waals surface area contributed by atoms with Crippen molar-refractivity contribution >= 4 is 14.3 Å². The molecule has 0 heterocycles. The van der Waals surface area contributed by atoms with Crippen molar-refractivity contribution < 1.29 is 9.22 Å². The molecule has 0 aliphatic heterocycles. The molecule has 1 atom stereocenters. The smallest absolute Gasteiger partial charge is 0.310 e. The fourth-order valence-electron chi connectivity index (χ4n) is 3.86. The molecule has 1 aromatic rings. The molecule has 1 rings (SSSR count). The maximum Gasteiger partial charge on any atom is 0.310 e. The van der Waals surface area contributed by atoms with Gasteiger partial charge in [0.05, 0.1) is 0 Å². The van der Waals surface area contributed by atoms with Crippen LogP contribution >= 0.6 is 0 Å². The number of rotatable bonds is 6. The van der Waals surface area contributed by atoms with Crippen molar-refractivity contribution in [3.63, 3.8) is 0 Å². The lowest BCUT2D eigenvalue weighted by atomic mass is 10.1. The van der Waals surface area contributed by atoms with Gasteiger partial charge in [0.25, 0.3) is 8.32 Å². The summed E-state index contributed by atoms with van der Waals surface area (Å²) in [6, 6.07) is 10.2. The highest BCUT2D eigenvalue weighted by Gasteiger charge is 2.58. The van der Waals surface area contributed by atoms with Crippen LogP contribution in [0.2, 0.25) is 16.1 Å². The Morgan fingerprint density at radius 1 is 1.04 bits per heavy atom. The molecule has 0 saturated heterocycles. The summed E-state index contributed by atoms with van der Waals surface area (Å²) in [6.07, 6.45) is 0.514. The van der Waals surface area contributed by atoms with Crippen molar-refractivity contribution in [1.29, 1.82) is 0 Å². The average Bonchev–Trinajstić information content (AvgIpc) is 2.44. The number of carbonyl (C=O) groups excluding carboxylic acids is 1. The van der Waals surface area contributed by atoms with Gasteiger partial charge in [-0.25, -0.2) is 0 Å². The first kappa shape index (κ1) is 21.9. The van der Waals surface area contributed by atoms with Crippen LogP contribution in [0.1, 0.15) is 61.0 Å². The van der Waals surface area contributed by atoms with Gasteiger partial charge < -0.3 is 10.2 Å². The Labute approximate surface area is 155 Å². The van der Waals surface area contributed by atoms with E-state index in [1.54, 1.807) is 0 Å². The van der Waals surface area contributed by atoms with E-state index >= 15 is 0 Å². The van der Waals surface area contributed by atoms with Crippen LogP contribution in [0, 0.1) is 5.92 Å². The van der Waals surface area contributed by atoms with Crippen molar-refractivity contribution in [3.05, 3.63) is 35.9 Å². The zero-order chi connectivity index (χ0) is 19.5. The van der Waals surface area contributed by atoms with Crippen LogP contribution in [0.15, 0.2) is 30.3 Å². The molecule has 142 valence electrons. The second kappa shape index (κ2) is 8.04. The third-order valence-corrected chi connectivity index (χ3v) is 11.8. The van der Waals surface area contributed by atoms with Crippen LogP contribution in [0.25, 0.3) is 0 Å². The predicted molar refractivity (Wildman–Crippen MR) is 109 cm³/mol. The fraction of sp³-hybridized carbons (Fsp3) is 0.667. The Morgan fingerprint density at radius 2 is 1.52 bits per heavy atom. The van der Waals surface area contributed by atoms with Crippen LogP contribution in [0.5, 0.6) is 0 Å². The van der Waals surface area contributed by atoms with Gasteiger partial charge in [0.2, 0.25) is 0 Å². The lowest BCUT2D eigenvalue weighted by molar-refractivity contribution is -0.137. The topological polar surface area (TPSA) is 52.3 Å². The van der Waals surface area contributed by atoms with Crippen LogP contribution < -0.4 is 5.73 Å². The number of hydrogen-bond donors (Lipinski definition) is 1. The zero-order valence-corrected chi connectivity index (χ0v) is 18.3. The Kier molecular flexibility index (Phi) is 7.05. The van der Waals surface area contributed by atoms with Gasteiger partial charge in [-0.05, 0) is 34.0 Å². The van der Waals surface area contributed by atoms with Gasteiger partial charge in [0.15, 0.2) is 0 Å². The lowest BCUT2D eigenvalue weighted by Gasteiger charge is -2.51. The lowest BCUT2D eigenvalue weighted by Crippen LogP contribution is -2.58. The van der Waals surface area contributed by atoms with E-state index < -0.39 is 14.4 Å². The Hall–Kier alpha value is -1.13. The predicted octanol–water partition coefficient (Wildman–Crippen LogP) is 5.30. The SMILES string of the molecule is CC(C)C[Si](OC(=O)[C@@H](N)Cc1ccccc1)(C(C)(C)C)C(C)(C)C. The Morgan fingerprint density at radius 3 is 1.92 bits per heavy atom. The van der Waals surface area contributed by atoms with E-state index in [4.69, 9.17) is 10.2 Å². The molecule has 1 aromatic carbocycles. The highest BCUT2D eigenvalue weighted by molar-refractivity contribution is 6.80. The molecule has 2 N–H and O–H groups in total. The van der Waals surface area contributed by atoms with E-state index in [1.165, 1.54) is 0 Å². The second-order valence-corrected chi connectivity index (χ2v) is 14.9. The first-order valence-electron chi connectivity index (χ1n) is 9.32. The summed E-state index contributed by atoms with van der Waals surface area (Å²) < 4.78 is 6.39. The van der Waals surface area contributed by atoms with Gasteiger partial charge in [-0.15, -0.1) is 0 Å². The summed E-state index contributed by atoms with van der Waals surface area (Å²) in [6.45, 7) is 17.7. The van der Waals surface area contributed by atoms with Gasteiger partial charge in [-0.3, -0.25) is 4.79 Å². The molecule has 0 spiro atoms. The van der Waals surface area contributed by atoms with Crippen LogP contribution in [0.4, 0.5) is 0 Å². The number of benzene rings is 1. The first-order chi connectivity index (χ1) is 11.3. The summed E-state index contributed by atoms with van der Waals surface area (Å²) in [5, 5.41) is -0.116. The van der Waals surface area contributed by atoms with E-state index in [0.717, 1.165) is 11.6 Å². The molecule has 0 aromatic heterocycles. The quantitative estimate of drug-likeness (QED) is 0.698. The number of hydrogen-bond acceptors (Lipinski definition) is 3. The molecule has 3 nitrogen and oxygen atoms in total. The van der Waals surface area contributed by atoms with E-state index in [-0.39, 0.29) is 16.0 Å². The summed E-state index contributed by atoms with van der Waals surface area (Å²) in [5.41, 5.74) is 7.29. The van der Waals surface area contributed by atoms with E-state index in [0.29, 0.717) is 12.3 Å². The van der Waals surface area contributed by atoms with Crippen molar-refractivity contribution in [1.82, 2.24) is 0 Å². The molecular formula is C21H37NO2Si.